The van der Waals surface area contributed by atoms with E-state index in [-0.39, 0.29) is 11.4 Å². The van der Waals surface area contributed by atoms with Crippen LogP contribution in [0.25, 0.3) is 27.7 Å². The number of fused-ring (bicyclic) bond motifs is 2. The molecule has 0 radical (unpaired) electrons. The number of methoxy groups -OCH3 is 1. The molecule has 4 heterocycles. The van der Waals surface area contributed by atoms with Crippen molar-refractivity contribution < 1.29 is 13.9 Å². The molecular weight excluding hydrogens is 503 g/mol. The zero-order valence-corrected chi connectivity index (χ0v) is 20.7. The van der Waals surface area contributed by atoms with E-state index in [1.54, 1.807) is 30.1 Å². The van der Waals surface area contributed by atoms with Crippen molar-refractivity contribution in [1.82, 2.24) is 24.9 Å². The van der Waals surface area contributed by atoms with Crippen molar-refractivity contribution in [2.75, 3.05) is 39.3 Å². The monoisotopic (exact) mass is 528 g/mol. The molecule has 0 unspecified atom stereocenters. The number of halogens is 2. The maximum absolute atomic E-state index is 13.8. The van der Waals surface area contributed by atoms with Crippen molar-refractivity contribution >= 4 is 38.3 Å². The lowest BCUT2D eigenvalue weighted by Gasteiger charge is -2.37. The number of anilines is 1. The largest absolute Gasteiger partial charge is 0.383 e. The van der Waals surface area contributed by atoms with Crippen LogP contribution in [0.3, 0.4) is 0 Å². The molecule has 0 amide bonds. The fourth-order valence-electron chi connectivity index (χ4n) is 4.49. The molecule has 10 heteroatoms. The van der Waals surface area contributed by atoms with Crippen LogP contribution >= 0.6 is 15.9 Å². The van der Waals surface area contributed by atoms with E-state index in [0.29, 0.717) is 32.0 Å². The fraction of sp³-hybridized carbons (Fsp3) is 0.375. The third kappa shape index (κ3) is 4.26. The first-order valence-corrected chi connectivity index (χ1v) is 11.9. The summed E-state index contributed by atoms with van der Waals surface area (Å²) in [4.78, 5) is 9.47. The van der Waals surface area contributed by atoms with E-state index in [0.717, 1.165) is 50.9 Å². The predicted molar refractivity (Wildman–Crippen MR) is 132 cm³/mol. The molecule has 1 saturated heterocycles. The number of hydrogen-bond acceptors (Lipinski definition) is 7. The Morgan fingerprint density at radius 1 is 1.24 bits per heavy atom. The molecule has 4 aromatic rings. The van der Waals surface area contributed by atoms with Gasteiger partial charge in [0.2, 0.25) is 0 Å². The molecule has 2 N–H and O–H groups in total. The van der Waals surface area contributed by atoms with E-state index >= 15 is 0 Å². The number of ether oxygens (including phenoxy) is 2. The molecule has 1 aliphatic heterocycles. The number of hydrogen-bond donors (Lipinski definition) is 2. The summed E-state index contributed by atoms with van der Waals surface area (Å²) >= 11 is 3.71. The Bertz CT molecular complexity index is 1330. The summed E-state index contributed by atoms with van der Waals surface area (Å²) in [5.41, 5.74) is 3.76. The van der Waals surface area contributed by atoms with Crippen LogP contribution in [-0.4, -0.2) is 59.1 Å². The van der Waals surface area contributed by atoms with Gasteiger partial charge in [0.25, 0.3) is 0 Å². The van der Waals surface area contributed by atoms with Gasteiger partial charge in [0, 0.05) is 62.2 Å². The summed E-state index contributed by atoms with van der Waals surface area (Å²) in [6.45, 7) is 2.55. The summed E-state index contributed by atoms with van der Waals surface area (Å²) in [7, 11) is 3.57. The minimum atomic E-state index is -0.294. The first kappa shape index (κ1) is 23.1. The lowest BCUT2D eigenvalue weighted by Crippen LogP contribution is -2.52. The Morgan fingerprint density at radius 3 is 2.82 bits per heavy atom. The number of pyridine rings is 1. The average Bonchev–Trinajstić information content (AvgIpc) is 3.26. The Kier molecular flexibility index (Phi) is 6.48. The van der Waals surface area contributed by atoms with Crippen molar-refractivity contribution in [3.05, 3.63) is 52.6 Å². The highest BCUT2D eigenvalue weighted by molar-refractivity contribution is 9.10. The van der Waals surface area contributed by atoms with E-state index in [4.69, 9.17) is 14.5 Å². The Balaban J connectivity index is 1.55. The van der Waals surface area contributed by atoms with Gasteiger partial charge in [-0.05, 0) is 53.0 Å². The molecule has 178 valence electrons. The lowest BCUT2D eigenvalue weighted by molar-refractivity contribution is -0.000378. The van der Waals surface area contributed by atoms with E-state index < -0.39 is 0 Å². The number of aromatic nitrogens is 4. The van der Waals surface area contributed by atoms with Crippen LogP contribution in [0.1, 0.15) is 18.5 Å². The first-order valence-electron chi connectivity index (χ1n) is 11.1. The minimum Gasteiger partial charge on any atom is -0.383 e. The normalized spacial score (nSPS) is 15.8. The van der Waals surface area contributed by atoms with Crippen LogP contribution < -0.4 is 10.6 Å². The molecule has 34 heavy (non-hydrogen) atoms. The van der Waals surface area contributed by atoms with E-state index in [1.165, 1.54) is 12.1 Å². The highest BCUT2D eigenvalue weighted by Gasteiger charge is 2.32. The molecule has 0 atom stereocenters. The molecule has 0 bridgehead atoms. The predicted octanol–water partition coefficient (Wildman–Crippen LogP) is 4.17. The van der Waals surface area contributed by atoms with Crippen molar-refractivity contribution in [2.45, 2.75) is 24.9 Å². The maximum Gasteiger partial charge on any atom is 0.165 e. The molecule has 1 aliphatic rings. The Morgan fingerprint density at radius 2 is 2.06 bits per heavy atom. The second-order valence-corrected chi connectivity index (χ2v) is 9.30. The summed E-state index contributed by atoms with van der Waals surface area (Å²) < 4.78 is 27.5. The lowest BCUT2D eigenvalue weighted by atomic mass is 9.91. The van der Waals surface area contributed by atoms with Gasteiger partial charge in [0.15, 0.2) is 5.65 Å². The van der Waals surface area contributed by atoms with Crippen molar-refractivity contribution in [3.63, 3.8) is 0 Å². The quantitative estimate of drug-likeness (QED) is 0.372. The summed E-state index contributed by atoms with van der Waals surface area (Å²) in [5, 5.41) is 12.2. The van der Waals surface area contributed by atoms with E-state index in [9.17, 15) is 4.39 Å². The Labute approximate surface area is 205 Å². The summed E-state index contributed by atoms with van der Waals surface area (Å²) in [6, 6.07) is 6.49. The molecule has 0 aliphatic carbocycles. The molecule has 3 aromatic heterocycles. The van der Waals surface area contributed by atoms with Crippen LogP contribution in [0, 0.1) is 5.82 Å². The third-order valence-corrected chi connectivity index (χ3v) is 7.18. The number of nitrogens with one attached hydrogen (secondary N) is 2. The highest BCUT2D eigenvalue weighted by Crippen LogP contribution is 2.32. The van der Waals surface area contributed by atoms with Gasteiger partial charge in [0.05, 0.1) is 28.5 Å². The zero-order chi connectivity index (χ0) is 23.7. The first-order chi connectivity index (χ1) is 16.5. The second kappa shape index (κ2) is 9.53. The van der Waals surface area contributed by atoms with Gasteiger partial charge in [-0.3, -0.25) is 4.98 Å². The van der Waals surface area contributed by atoms with Gasteiger partial charge in [-0.25, -0.2) is 9.37 Å². The van der Waals surface area contributed by atoms with Crippen LogP contribution in [0.4, 0.5) is 10.2 Å². The molecule has 1 fully saturated rings. The van der Waals surface area contributed by atoms with Crippen LogP contribution in [-0.2, 0) is 16.0 Å². The van der Waals surface area contributed by atoms with Crippen molar-refractivity contribution in [1.29, 1.82) is 0 Å². The van der Waals surface area contributed by atoms with Gasteiger partial charge in [-0.1, -0.05) is 0 Å². The number of benzene rings is 1. The van der Waals surface area contributed by atoms with Crippen LogP contribution in [0.5, 0.6) is 0 Å². The van der Waals surface area contributed by atoms with E-state index in [1.807, 2.05) is 13.1 Å². The molecular formula is C24H26BrFN6O2. The van der Waals surface area contributed by atoms with Gasteiger partial charge in [0.1, 0.15) is 11.6 Å². The summed E-state index contributed by atoms with van der Waals surface area (Å²) in [6.07, 6.45) is 5.28. The van der Waals surface area contributed by atoms with Gasteiger partial charge < -0.3 is 20.1 Å². The molecule has 1 aromatic carbocycles. The molecule has 0 saturated carbocycles. The topological polar surface area (TPSA) is 85.6 Å². The minimum absolute atomic E-state index is 0.157. The third-order valence-electron chi connectivity index (χ3n) is 6.35. The zero-order valence-electron chi connectivity index (χ0n) is 19.1. The number of rotatable bonds is 7. The Hall–Kier alpha value is -2.66. The standard InChI is InChI=1S/C24H26BrFN6O2/c1-27-23-21(25)20(13-29-24(14-33-2)5-7-34-8-6-24)31-22-18(12-30-32(22)23)16-9-15-10-17(26)3-4-19(15)28-11-16/h3-4,9-12,27,29H,5-8,13-14H2,1-2H3. The molecule has 8 nitrogen and oxygen atoms in total. The van der Waals surface area contributed by atoms with Crippen molar-refractivity contribution in [2.24, 2.45) is 0 Å². The van der Waals surface area contributed by atoms with Crippen LogP contribution in [0.2, 0.25) is 0 Å². The smallest absolute Gasteiger partial charge is 0.165 e. The highest BCUT2D eigenvalue weighted by atomic mass is 79.9. The van der Waals surface area contributed by atoms with Gasteiger partial charge >= 0.3 is 0 Å². The van der Waals surface area contributed by atoms with Crippen LogP contribution in [0.15, 0.2) is 41.1 Å². The average molecular weight is 529 g/mol. The van der Waals surface area contributed by atoms with E-state index in [2.05, 4.69) is 36.6 Å². The van der Waals surface area contributed by atoms with Gasteiger partial charge in [-0.15, -0.1) is 0 Å². The fourth-order valence-corrected chi connectivity index (χ4v) is 5.08. The second-order valence-electron chi connectivity index (χ2n) is 8.51. The van der Waals surface area contributed by atoms with Crippen molar-refractivity contribution in [3.8, 4) is 11.1 Å². The number of nitrogens with zero attached hydrogens (tertiary/aromatic N) is 4. The SMILES string of the molecule is CNc1c(Br)c(CNC2(COC)CCOCC2)nc2c(-c3cnc4ccc(F)cc4c3)cnn12. The maximum atomic E-state index is 13.8. The molecule has 5 rings (SSSR count). The summed E-state index contributed by atoms with van der Waals surface area (Å²) in [5.74, 6) is 0.498. The van der Waals surface area contributed by atoms with Gasteiger partial charge in [-0.2, -0.15) is 9.61 Å². The molecule has 0 spiro atoms.